The molecule has 1 N–H and O–H groups in total. The van der Waals surface area contributed by atoms with Crippen LogP contribution in [0.2, 0.25) is 0 Å². The Hall–Kier alpha value is -0.940. The molecule has 1 aliphatic rings. The van der Waals surface area contributed by atoms with Crippen LogP contribution in [0.3, 0.4) is 0 Å². The Morgan fingerprint density at radius 3 is 3.06 bits per heavy atom. The van der Waals surface area contributed by atoms with Crippen LogP contribution in [0.5, 0.6) is 0 Å². The molecule has 1 aromatic heterocycles. The van der Waals surface area contributed by atoms with Gasteiger partial charge in [0.05, 0.1) is 6.61 Å². The van der Waals surface area contributed by atoms with Gasteiger partial charge in [-0.05, 0) is 26.2 Å². The van der Waals surface area contributed by atoms with E-state index in [9.17, 15) is 0 Å². The summed E-state index contributed by atoms with van der Waals surface area (Å²) in [4.78, 5) is 4.16. The number of aromatic nitrogens is 2. The van der Waals surface area contributed by atoms with Gasteiger partial charge in [-0.3, -0.25) is 0 Å². The van der Waals surface area contributed by atoms with Crippen LogP contribution in [0.1, 0.15) is 25.1 Å². The maximum absolute atomic E-state index is 5.37. The molecule has 2 heterocycles. The summed E-state index contributed by atoms with van der Waals surface area (Å²) in [5.41, 5.74) is 0. The number of nitrogens with zero attached hydrogens (tertiary/aromatic N) is 2. The van der Waals surface area contributed by atoms with Gasteiger partial charge in [0.25, 0.3) is 0 Å². The number of aryl methyl sites for hydroxylation is 1. The van der Waals surface area contributed by atoms with E-state index >= 15 is 0 Å². The van der Waals surface area contributed by atoms with Crippen LogP contribution in [0, 0.1) is 12.8 Å². The fourth-order valence-electron chi connectivity index (χ4n) is 1.96. The molecule has 0 radical (unpaired) electrons. The molecule has 5 heteroatoms. The van der Waals surface area contributed by atoms with Gasteiger partial charge in [0.1, 0.15) is 0 Å². The first-order chi connectivity index (χ1) is 7.75. The molecule has 0 saturated carbocycles. The zero-order valence-electron chi connectivity index (χ0n) is 9.90. The van der Waals surface area contributed by atoms with Gasteiger partial charge in [-0.1, -0.05) is 5.16 Å². The topological polar surface area (TPSA) is 60.2 Å². The highest BCUT2D eigenvalue weighted by Crippen LogP contribution is 2.16. The lowest BCUT2D eigenvalue weighted by Gasteiger charge is -2.18. The molecule has 1 saturated heterocycles. The third-order valence-electron chi connectivity index (χ3n) is 3.05. The molecule has 0 amide bonds. The fraction of sp³-hybridized carbons (Fsp3) is 0.818. The lowest BCUT2D eigenvalue weighted by molar-refractivity contribution is 0.178. The van der Waals surface area contributed by atoms with Crippen molar-refractivity contribution in [3.05, 3.63) is 11.7 Å². The third kappa shape index (κ3) is 3.02. The second-order valence-corrected chi connectivity index (χ2v) is 4.35. The molecule has 90 valence electrons. The molecule has 1 aliphatic heterocycles. The van der Waals surface area contributed by atoms with Crippen molar-refractivity contribution in [2.45, 2.75) is 32.7 Å². The lowest BCUT2D eigenvalue weighted by Crippen LogP contribution is -2.35. The second kappa shape index (κ2) is 5.41. The number of rotatable bonds is 5. The largest absolute Gasteiger partial charge is 0.381 e. The Kier molecular flexibility index (Phi) is 3.90. The van der Waals surface area contributed by atoms with Gasteiger partial charge in [-0.25, -0.2) is 0 Å². The highest BCUT2D eigenvalue weighted by atomic mass is 16.5. The van der Waals surface area contributed by atoms with Crippen molar-refractivity contribution < 1.29 is 9.26 Å². The average molecular weight is 225 g/mol. The number of hydrogen-bond donors (Lipinski definition) is 1. The lowest BCUT2D eigenvalue weighted by atomic mass is 10.0. The van der Waals surface area contributed by atoms with Gasteiger partial charge >= 0.3 is 0 Å². The first kappa shape index (κ1) is 11.5. The highest BCUT2D eigenvalue weighted by molar-refractivity contribution is 4.84. The normalized spacial score (nSPS) is 22.5. The minimum Gasteiger partial charge on any atom is -0.381 e. The van der Waals surface area contributed by atoms with Gasteiger partial charge in [0.2, 0.25) is 5.89 Å². The zero-order chi connectivity index (χ0) is 11.4. The van der Waals surface area contributed by atoms with Gasteiger partial charge < -0.3 is 14.6 Å². The van der Waals surface area contributed by atoms with Crippen molar-refractivity contribution in [2.24, 2.45) is 5.92 Å². The van der Waals surface area contributed by atoms with Gasteiger partial charge in [0.15, 0.2) is 5.82 Å². The second-order valence-electron chi connectivity index (χ2n) is 4.35. The summed E-state index contributed by atoms with van der Waals surface area (Å²) in [6, 6.07) is 0.492. The summed E-state index contributed by atoms with van der Waals surface area (Å²) in [5.74, 6) is 2.05. The monoisotopic (exact) mass is 225 g/mol. The van der Waals surface area contributed by atoms with E-state index < -0.39 is 0 Å². The molecule has 2 rings (SSSR count). The minimum atomic E-state index is 0.492. The number of nitrogens with one attached hydrogen (secondary N) is 1. The quantitative estimate of drug-likeness (QED) is 0.808. The molecule has 1 aromatic rings. The van der Waals surface area contributed by atoms with Crippen LogP contribution >= 0.6 is 0 Å². The summed E-state index contributed by atoms with van der Waals surface area (Å²) in [6.07, 6.45) is 1.95. The number of ether oxygens (including phenoxy) is 1. The van der Waals surface area contributed by atoms with Crippen molar-refractivity contribution in [3.8, 4) is 0 Å². The van der Waals surface area contributed by atoms with Gasteiger partial charge in [-0.15, -0.1) is 0 Å². The molecule has 2 unspecified atom stereocenters. The molecular weight excluding hydrogens is 206 g/mol. The molecular formula is C11H19N3O2. The van der Waals surface area contributed by atoms with Crippen LogP contribution in [-0.2, 0) is 11.2 Å². The maximum atomic E-state index is 5.37. The van der Waals surface area contributed by atoms with E-state index in [2.05, 4.69) is 22.4 Å². The Labute approximate surface area is 95.6 Å². The van der Waals surface area contributed by atoms with Gasteiger partial charge in [0, 0.05) is 25.6 Å². The first-order valence-corrected chi connectivity index (χ1v) is 5.86. The SMILES string of the molecule is Cc1noc(CCNC(C)C2CCOC2)n1. The van der Waals surface area contributed by atoms with E-state index in [1.807, 2.05) is 6.92 Å². The summed E-state index contributed by atoms with van der Waals surface area (Å²) in [5, 5.41) is 7.23. The van der Waals surface area contributed by atoms with E-state index in [-0.39, 0.29) is 0 Å². The Bertz CT molecular complexity index is 321. The average Bonchev–Trinajstić information content (AvgIpc) is 2.89. The van der Waals surface area contributed by atoms with Crippen LogP contribution in [0.4, 0.5) is 0 Å². The zero-order valence-corrected chi connectivity index (χ0v) is 9.90. The van der Waals surface area contributed by atoms with Crippen LogP contribution in [0.25, 0.3) is 0 Å². The van der Waals surface area contributed by atoms with E-state index in [1.54, 1.807) is 0 Å². The predicted molar refractivity (Wildman–Crippen MR) is 59.1 cm³/mol. The summed E-state index contributed by atoms with van der Waals surface area (Å²) >= 11 is 0. The summed E-state index contributed by atoms with van der Waals surface area (Å²) in [6.45, 7) is 6.70. The smallest absolute Gasteiger partial charge is 0.227 e. The van der Waals surface area contributed by atoms with Crippen LogP contribution in [-0.4, -0.2) is 35.9 Å². The molecule has 0 aromatic carbocycles. The fourth-order valence-corrected chi connectivity index (χ4v) is 1.96. The minimum absolute atomic E-state index is 0.492. The molecule has 5 nitrogen and oxygen atoms in total. The highest BCUT2D eigenvalue weighted by Gasteiger charge is 2.21. The van der Waals surface area contributed by atoms with Crippen molar-refractivity contribution in [3.63, 3.8) is 0 Å². The van der Waals surface area contributed by atoms with E-state index in [0.717, 1.165) is 32.6 Å². The molecule has 0 spiro atoms. The number of hydrogen-bond acceptors (Lipinski definition) is 5. The molecule has 0 bridgehead atoms. The van der Waals surface area contributed by atoms with Crippen molar-refractivity contribution in [1.29, 1.82) is 0 Å². The van der Waals surface area contributed by atoms with Crippen LogP contribution in [0.15, 0.2) is 4.52 Å². The molecule has 16 heavy (non-hydrogen) atoms. The molecule has 1 fully saturated rings. The Morgan fingerprint density at radius 1 is 1.56 bits per heavy atom. The predicted octanol–water partition coefficient (Wildman–Crippen LogP) is 0.935. The molecule has 2 atom stereocenters. The maximum Gasteiger partial charge on any atom is 0.227 e. The van der Waals surface area contributed by atoms with Crippen molar-refractivity contribution in [1.82, 2.24) is 15.5 Å². The van der Waals surface area contributed by atoms with E-state index in [0.29, 0.717) is 23.7 Å². The molecule has 0 aliphatic carbocycles. The Balaban J connectivity index is 1.67. The van der Waals surface area contributed by atoms with E-state index in [1.165, 1.54) is 0 Å². The summed E-state index contributed by atoms with van der Waals surface area (Å²) in [7, 11) is 0. The van der Waals surface area contributed by atoms with Gasteiger partial charge in [-0.2, -0.15) is 4.98 Å². The van der Waals surface area contributed by atoms with Crippen LogP contribution < -0.4 is 5.32 Å². The summed E-state index contributed by atoms with van der Waals surface area (Å²) < 4.78 is 10.4. The first-order valence-electron chi connectivity index (χ1n) is 5.86. The standard InChI is InChI=1S/C11H19N3O2/c1-8(10-4-6-15-7-10)12-5-3-11-13-9(2)14-16-11/h8,10,12H,3-7H2,1-2H3. The van der Waals surface area contributed by atoms with Crippen molar-refractivity contribution in [2.75, 3.05) is 19.8 Å². The van der Waals surface area contributed by atoms with E-state index in [4.69, 9.17) is 9.26 Å². The van der Waals surface area contributed by atoms with Crippen molar-refractivity contribution >= 4 is 0 Å². The Morgan fingerprint density at radius 2 is 2.44 bits per heavy atom. The third-order valence-corrected chi connectivity index (χ3v) is 3.05.